The van der Waals surface area contributed by atoms with Crippen molar-refractivity contribution in [3.05, 3.63) is 71.8 Å². The molecule has 0 spiro atoms. The lowest BCUT2D eigenvalue weighted by molar-refractivity contribution is -0.0149. The van der Waals surface area contributed by atoms with Crippen LogP contribution in [0, 0.1) is 0 Å². The van der Waals surface area contributed by atoms with Gasteiger partial charge in [-0.2, -0.15) is 0 Å². The van der Waals surface area contributed by atoms with E-state index in [1.165, 1.54) is 11.1 Å². The fourth-order valence-electron chi connectivity index (χ4n) is 3.36. The van der Waals surface area contributed by atoms with Gasteiger partial charge in [-0.05, 0) is 50.4 Å². The fourth-order valence-corrected chi connectivity index (χ4v) is 5.69. The van der Waals surface area contributed by atoms with Gasteiger partial charge in [0, 0.05) is 6.42 Å². The Kier molecular flexibility index (Phi) is 10.6. The number of ether oxygens (including phenoxy) is 2. The molecular formula is C25H40O4Si2. The van der Waals surface area contributed by atoms with Crippen LogP contribution in [0.5, 0.6) is 0 Å². The molecule has 0 heterocycles. The minimum Gasteiger partial charge on any atom is -0.412 e. The van der Waals surface area contributed by atoms with Gasteiger partial charge >= 0.3 is 0 Å². The summed E-state index contributed by atoms with van der Waals surface area (Å²) in [6, 6.07) is 20.5. The van der Waals surface area contributed by atoms with Crippen LogP contribution in [0.4, 0.5) is 0 Å². The molecule has 0 N–H and O–H groups in total. The van der Waals surface area contributed by atoms with Crippen LogP contribution in [0.15, 0.2) is 60.7 Å². The summed E-state index contributed by atoms with van der Waals surface area (Å²) in [6.45, 7) is 15.6. The molecule has 0 aliphatic rings. The monoisotopic (exact) mass is 460 g/mol. The normalized spacial score (nSPS) is 14.4. The highest BCUT2D eigenvalue weighted by atomic mass is 28.4. The highest BCUT2D eigenvalue weighted by molar-refractivity contribution is 6.70. The van der Waals surface area contributed by atoms with E-state index in [1.807, 2.05) is 36.4 Å². The first-order valence-corrected chi connectivity index (χ1v) is 18.0. The fraction of sp³-hybridized carbons (Fsp3) is 0.520. The Labute approximate surface area is 191 Å². The van der Waals surface area contributed by atoms with Gasteiger partial charge < -0.3 is 18.3 Å². The number of benzene rings is 2. The highest BCUT2D eigenvalue weighted by Gasteiger charge is 2.28. The molecule has 0 aromatic heterocycles. The number of hydrogen-bond donors (Lipinski definition) is 0. The van der Waals surface area contributed by atoms with E-state index in [4.69, 9.17) is 18.3 Å². The quantitative estimate of drug-likeness (QED) is 0.312. The average Bonchev–Trinajstić information content (AvgIpc) is 2.67. The van der Waals surface area contributed by atoms with Gasteiger partial charge in [-0.25, -0.2) is 0 Å². The van der Waals surface area contributed by atoms with Crippen LogP contribution in [-0.2, 0) is 31.5 Å². The second kappa shape index (κ2) is 12.7. The molecular weight excluding hydrogens is 420 g/mol. The van der Waals surface area contributed by atoms with E-state index in [1.54, 1.807) is 0 Å². The molecule has 4 nitrogen and oxygen atoms in total. The van der Waals surface area contributed by atoms with Crippen LogP contribution in [0.2, 0.25) is 39.3 Å². The largest absolute Gasteiger partial charge is 0.412 e. The zero-order chi connectivity index (χ0) is 22.7. The standard InChI is InChI=1S/C25H40O4Si2/c1-30(2,3)28-24(20-26-18-22-13-9-7-10-14-22)17-25(29-31(4,5)6)21-27-19-23-15-11-8-12-16-23/h7-16,24-25H,17-21H2,1-6H3/t24-,25+. The topological polar surface area (TPSA) is 36.9 Å². The maximum atomic E-state index is 6.48. The van der Waals surface area contributed by atoms with Gasteiger partial charge in [-0.15, -0.1) is 0 Å². The van der Waals surface area contributed by atoms with Gasteiger partial charge in [0.05, 0.1) is 38.6 Å². The van der Waals surface area contributed by atoms with Crippen molar-refractivity contribution in [2.45, 2.75) is 71.1 Å². The van der Waals surface area contributed by atoms with Crippen LogP contribution in [0.25, 0.3) is 0 Å². The molecule has 2 aromatic carbocycles. The van der Waals surface area contributed by atoms with E-state index in [9.17, 15) is 0 Å². The van der Waals surface area contributed by atoms with Crippen LogP contribution in [0.1, 0.15) is 17.5 Å². The summed E-state index contributed by atoms with van der Waals surface area (Å²) < 4.78 is 25.0. The summed E-state index contributed by atoms with van der Waals surface area (Å²) in [5, 5.41) is 0. The van der Waals surface area contributed by atoms with Gasteiger partial charge in [0.1, 0.15) is 0 Å². The first kappa shape index (κ1) is 26.0. The lowest BCUT2D eigenvalue weighted by atomic mass is 10.2. The summed E-state index contributed by atoms with van der Waals surface area (Å²) in [7, 11) is -3.45. The molecule has 0 saturated carbocycles. The Morgan fingerprint density at radius 3 is 1.26 bits per heavy atom. The van der Waals surface area contributed by atoms with E-state index < -0.39 is 16.6 Å². The van der Waals surface area contributed by atoms with E-state index >= 15 is 0 Å². The zero-order valence-corrected chi connectivity index (χ0v) is 22.1. The van der Waals surface area contributed by atoms with Gasteiger partial charge in [0.15, 0.2) is 16.6 Å². The molecule has 0 amide bonds. The lowest BCUT2D eigenvalue weighted by Gasteiger charge is -2.32. The van der Waals surface area contributed by atoms with Gasteiger partial charge in [0.2, 0.25) is 0 Å². The molecule has 0 fully saturated rings. The Bertz CT molecular complexity index is 663. The molecule has 0 bridgehead atoms. The predicted molar refractivity (Wildman–Crippen MR) is 133 cm³/mol. The molecule has 172 valence electrons. The maximum absolute atomic E-state index is 6.48. The Hall–Kier alpha value is -1.29. The zero-order valence-electron chi connectivity index (χ0n) is 20.1. The summed E-state index contributed by atoms with van der Waals surface area (Å²) in [4.78, 5) is 0. The molecule has 2 rings (SSSR count). The first-order valence-electron chi connectivity index (χ1n) is 11.2. The van der Waals surface area contributed by atoms with Gasteiger partial charge in [0.25, 0.3) is 0 Å². The van der Waals surface area contributed by atoms with Gasteiger partial charge in [-0.3, -0.25) is 0 Å². The lowest BCUT2D eigenvalue weighted by Crippen LogP contribution is -2.41. The molecule has 6 heteroatoms. The molecule has 2 atom stereocenters. The summed E-state index contributed by atoms with van der Waals surface area (Å²) in [5.74, 6) is 0. The second-order valence-electron chi connectivity index (χ2n) is 9.94. The highest BCUT2D eigenvalue weighted by Crippen LogP contribution is 2.19. The number of hydrogen-bond acceptors (Lipinski definition) is 4. The third-order valence-corrected chi connectivity index (χ3v) is 6.48. The third-order valence-electron chi connectivity index (χ3n) is 4.40. The minimum atomic E-state index is -1.72. The molecule has 0 aliphatic carbocycles. The van der Waals surface area contributed by atoms with Crippen molar-refractivity contribution in [3.8, 4) is 0 Å². The van der Waals surface area contributed by atoms with Crippen molar-refractivity contribution in [2.75, 3.05) is 13.2 Å². The van der Waals surface area contributed by atoms with Crippen molar-refractivity contribution in [3.63, 3.8) is 0 Å². The number of rotatable bonds is 14. The summed E-state index contributed by atoms with van der Waals surface area (Å²) in [6.07, 6.45) is 0.770. The van der Waals surface area contributed by atoms with Crippen molar-refractivity contribution >= 4 is 16.6 Å². The molecule has 0 radical (unpaired) electrons. The van der Waals surface area contributed by atoms with E-state index in [0.717, 1.165) is 6.42 Å². The molecule has 2 aromatic rings. The predicted octanol–water partition coefficient (Wildman–Crippen LogP) is 6.25. The third kappa shape index (κ3) is 12.4. The maximum Gasteiger partial charge on any atom is 0.184 e. The van der Waals surface area contributed by atoms with Crippen LogP contribution >= 0.6 is 0 Å². The van der Waals surface area contributed by atoms with Crippen molar-refractivity contribution in [2.24, 2.45) is 0 Å². The van der Waals surface area contributed by atoms with E-state index in [-0.39, 0.29) is 12.2 Å². The molecule has 0 unspecified atom stereocenters. The average molecular weight is 461 g/mol. The minimum absolute atomic E-state index is 0.00273. The van der Waals surface area contributed by atoms with Crippen LogP contribution in [-0.4, -0.2) is 42.1 Å². The van der Waals surface area contributed by atoms with E-state index in [0.29, 0.717) is 26.4 Å². The van der Waals surface area contributed by atoms with Crippen molar-refractivity contribution < 1.29 is 18.3 Å². The second-order valence-corrected chi connectivity index (χ2v) is 18.9. The smallest absolute Gasteiger partial charge is 0.184 e. The van der Waals surface area contributed by atoms with Crippen molar-refractivity contribution in [1.29, 1.82) is 0 Å². The summed E-state index contributed by atoms with van der Waals surface area (Å²) in [5.41, 5.74) is 2.35. The van der Waals surface area contributed by atoms with Crippen molar-refractivity contribution in [1.82, 2.24) is 0 Å². The molecule has 0 saturated heterocycles. The van der Waals surface area contributed by atoms with E-state index in [2.05, 4.69) is 63.5 Å². The van der Waals surface area contributed by atoms with Crippen LogP contribution < -0.4 is 0 Å². The Balaban J connectivity index is 1.95. The Morgan fingerprint density at radius 1 is 0.581 bits per heavy atom. The Morgan fingerprint density at radius 2 is 0.935 bits per heavy atom. The first-order chi connectivity index (χ1) is 14.6. The van der Waals surface area contributed by atoms with Gasteiger partial charge in [-0.1, -0.05) is 60.7 Å². The van der Waals surface area contributed by atoms with Crippen LogP contribution in [0.3, 0.4) is 0 Å². The molecule has 31 heavy (non-hydrogen) atoms. The SMILES string of the molecule is C[Si](C)(C)O[C@H](COCc1ccccc1)C[C@H](COCc1ccccc1)O[Si](C)(C)C. The molecule has 0 aliphatic heterocycles. The summed E-state index contributed by atoms with van der Waals surface area (Å²) >= 11 is 0.